The van der Waals surface area contributed by atoms with Gasteiger partial charge in [0.2, 0.25) is 0 Å². The molecular formula is C25H27BrN2O5S. The summed E-state index contributed by atoms with van der Waals surface area (Å²) in [5.74, 6) is 0.827. The Morgan fingerprint density at radius 1 is 1.00 bits per heavy atom. The van der Waals surface area contributed by atoms with Crippen molar-refractivity contribution in [2.75, 3.05) is 17.9 Å². The van der Waals surface area contributed by atoms with E-state index in [2.05, 4.69) is 26.0 Å². The lowest BCUT2D eigenvalue weighted by molar-refractivity contribution is -0.123. The minimum absolute atomic E-state index is 0.0968. The fraction of sp³-hybridized carbons (Fsp3) is 0.240. The normalized spacial score (nSPS) is 12.0. The molecule has 9 heteroatoms. The van der Waals surface area contributed by atoms with Crippen LogP contribution >= 0.6 is 15.9 Å². The van der Waals surface area contributed by atoms with E-state index in [9.17, 15) is 13.2 Å². The summed E-state index contributed by atoms with van der Waals surface area (Å²) in [6.07, 6.45) is 0. The van der Waals surface area contributed by atoms with E-state index < -0.39 is 10.0 Å². The Kier molecular flexibility index (Phi) is 8.57. The van der Waals surface area contributed by atoms with Crippen LogP contribution in [0.1, 0.15) is 31.0 Å². The third kappa shape index (κ3) is 6.98. The second-order valence-corrected chi connectivity index (χ2v) is 10.2. The lowest BCUT2D eigenvalue weighted by atomic mass is 10.1. The molecule has 0 fully saturated rings. The van der Waals surface area contributed by atoms with Crippen molar-refractivity contribution in [3.8, 4) is 11.5 Å². The summed E-state index contributed by atoms with van der Waals surface area (Å²) in [6.45, 7) is 5.85. The van der Waals surface area contributed by atoms with Gasteiger partial charge in [-0.25, -0.2) is 8.42 Å². The smallest absolute Gasteiger partial charge is 0.261 e. The predicted molar refractivity (Wildman–Crippen MR) is 136 cm³/mol. The number of ether oxygens (including phenoxy) is 2. The van der Waals surface area contributed by atoms with E-state index in [-0.39, 0.29) is 23.5 Å². The fourth-order valence-electron chi connectivity index (χ4n) is 3.21. The van der Waals surface area contributed by atoms with E-state index in [0.29, 0.717) is 29.4 Å². The number of nitrogens with one attached hydrogen (secondary N) is 2. The number of benzene rings is 3. The minimum Gasteiger partial charge on any atom is -0.494 e. The standard InChI is InChI=1S/C25H27BrN2O5S/c1-4-32-22-11-9-21(10-12-22)28-34(30,31)23-13-14-24(17(2)15-23)33-16-25(29)27-18(3)19-5-7-20(26)8-6-19/h5-15,18,28H,4,16H2,1-3H3,(H,27,29)/t18-/m0/s1. The van der Waals surface area contributed by atoms with Crippen molar-refractivity contribution in [3.63, 3.8) is 0 Å². The Bertz CT molecular complexity index is 1230. The van der Waals surface area contributed by atoms with E-state index in [1.54, 1.807) is 37.3 Å². The van der Waals surface area contributed by atoms with Crippen LogP contribution in [0.3, 0.4) is 0 Å². The molecule has 0 aliphatic heterocycles. The van der Waals surface area contributed by atoms with E-state index in [4.69, 9.17) is 9.47 Å². The first-order valence-electron chi connectivity index (χ1n) is 10.7. The molecule has 34 heavy (non-hydrogen) atoms. The Morgan fingerprint density at radius 2 is 1.68 bits per heavy atom. The highest BCUT2D eigenvalue weighted by atomic mass is 79.9. The Balaban J connectivity index is 1.59. The van der Waals surface area contributed by atoms with Gasteiger partial charge in [0, 0.05) is 10.2 Å². The molecule has 2 N–H and O–H groups in total. The molecule has 3 aromatic rings. The predicted octanol–water partition coefficient (Wildman–Crippen LogP) is 5.21. The number of carbonyl (C=O) groups is 1. The van der Waals surface area contributed by atoms with Crippen LogP contribution in [0.5, 0.6) is 11.5 Å². The summed E-state index contributed by atoms with van der Waals surface area (Å²) in [4.78, 5) is 12.4. The number of hydrogen-bond donors (Lipinski definition) is 2. The SMILES string of the molecule is CCOc1ccc(NS(=O)(=O)c2ccc(OCC(=O)N[C@@H](C)c3ccc(Br)cc3)c(C)c2)cc1. The van der Waals surface area contributed by atoms with Crippen LogP contribution in [-0.2, 0) is 14.8 Å². The second kappa shape index (κ2) is 11.4. The number of hydrogen-bond acceptors (Lipinski definition) is 5. The van der Waals surface area contributed by atoms with E-state index in [0.717, 1.165) is 10.0 Å². The lowest BCUT2D eigenvalue weighted by Crippen LogP contribution is -2.31. The van der Waals surface area contributed by atoms with Gasteiger partial charge in [-0.05, 0) is 86.5 Å². The summed E-state index contributed by atoms with van der Waals surface area (Å²) in [5, 5.41) is 2.89. The molecule has 0 saturated heterocycles. The minimum atomic E-state index is -3.79. The Morgan fingerprint density at radius 3 is 2.29 bits per heavy atom. The number of amides is 1. The van der Waals surface area contributed by atoms with Gasteiger partial charge in [0.1, 0.15) is 11.5 Å². The van der Waals surface area contributed by atoms with Gasteiger partial charge in [-0.1, -0.05) is 28.1 Å². The van der Waals surface area contributed by atoms with Gasteiger partial charge in [0.05, 0.1) is 17.5 Å². The van der Waals surface area contributed by atoms with E-state index in [1.807, 2.05) is 38.1 Å². The molecular weight excluding hydrogens is 520 g/mol. The molecule has 0 bridgehead atoms. The molecule has 3 rings (SSSR count). The summed E-state index contributed by atoms with van der Waals surface area (Å²) in [6, 6.07) is 18.7. The topological polar surface area (TPSA) is 93.7 Å². The molecule has 0 aliphatic carbocycles. The maximum absolute atomic E-state index is 12.8. The van der Waals surface area contributed by atoms with E-state index >= 15 is 0 Å². The Labute approximate surface area is 208 Å². The monoisotopic (exact) mass is 546 g/mol. The van der Waals surface area contributed by atoms with Crippen molar-refractivity contribution < 1.29 is 22.7 Å². The van der Waals surface area contributed by atoms with Gasteiger partial charge in [-0.2, -0.15) is 0 Å². The van der Waals surface area contributed by atoms with Crippen molar-refractivity contribution in [1.82, 2.24) is 5.32 Å². The molecule has 0 aliphatic rings. The first-order valence-corrected chi connectivity index (χ1v) is 13.0. The van der Waals surface area contributed by atoms with Gasteiger partial charge in [-0.15, -0.1) is 0 Å². The fourth-order valence-corrected chi connectivity index (χ4v) is 4.62. The zero-order valence-corrected chi connectivity index (χ0v) is 21.6. The van der Waals surface area contributed by atoms with Gasteiger partial charge < -0.3 is 14.8 Å². The Hall–Kier alpha value is -3.04. The first-order chi connectivity index (χ1) is 16.2. The molecule has 180 valence electrons. The summed E-state index contributed by atoms with van der Waals surface area (Å²) in [5.41, 5.74) is 2.00. The van der Waals surface area contributed by atoms with Crippen LogP contribution in [-0.4, -0.2) is 27.5 Å². The average molecular weight is 547 g/mol. The lowest BCUT2D eigenvalue weighted by Gasteiger charge is -2.16. The number of anilines is 1. The molecule has 7 nitrogen and oxygen atoms in total. The maximum atomic E-state index is 12.8. The highest BCUT2D eigenvalue weighted by Gasteiger charge is 2.17. The zero-order valence-electron chi connectivity index (χ0n) is 19.2. The van der Waals surface area contributed by atoms with Gasteiger partial charge in [0.15, 0.2) is 6.61 Å². The van der Waals surface area contributed by atoms with Crippen LogP contribution in [0.15, 0.2) is 76.1 Å². The molecule has 0 spiro atoms. The van der Waals surface area contributed by atoms with Crippen molar-refractivity contribution in [2.24, 2.45) is 0 Å². The molecule has 0 unspecified atom stereocenters. The molecule has 0 heterocycles. The van der Waals surface area contributed by atoms with Crippen molar-refractivity contribution in [1.29, 1.82) is 0 Å². The van der Waals surface area contributed by atoms with Gasteiger partial charge >= 0.3 is 0 Å². The number of carbonyl (C=O) groups excluding carboxylic acids is 1. The first kappa shape index (κ1) is 25.6. The van der Waals surface area contributed by atoms with Crippen molar-refractivity contribution in [3.05, 3.63) is 82.3 Å². The maximum Gasteiger partial charge on any atom is 0.261 e. The molecule has 3 aromatic carbocycles. The highest BCUT2D eigenvalue weighted by molar-refractivity contribution is 9.10. The summed E-state index contributed by atoms with van der Waals surface area (Å²) < 4.78 is 40.1. The highest BCUT2D eigenvalue weighted by Crippen LogP contribution is 2.24. The molecule has 1 atom stereocenters. The number of aryl methyl sites for hydroxylation is 1. The zero-order chi connectivity index (χ0) is 24.7. The summed E-state index contributed by atoms with van der Waals surface area (Å²) >= 11 is 3.39. The third-order valence-electron chi connectivity index (χ3n) is 4.98. The third-order valence-corrected chi connectivity index (χ3v) is 6.89. The second-order valence-electron chi connectivity index (χ2n) is 7.62. The number of sulfonamides is 1. The number of rotatable bonds is 10. The van der Waals surface area contributed by atoms with E-state index in [1.165, 1.54) is 12.1 Å². The molecule has 0 radical (unpaired) electrons. The summed E-state index contributed by atoms with van der Waals surface area (Å²) in [7, 11) is -3.79. The van der Waals surface area contributed by atoms with Crippen LogP contribution in [0.2, 0.25) is 0 Å². The average Bonchev–Trinajstić information content (AvgIpc) is 2.80. The molecule has 0 saturated carbocycles. The van der Waals surface area contributed by atoms with Crippen LogP contribution < -0.4 is 19.5 Å². The van der Waals surface area contributed by atoms with Gasteiger partial charge in [-0.3, -0.25) is 9.52 Å². The quantitative estimate of drug-likeness (QED) is 0.364. The van der Waals surface area contributed by atoms with Gasteiger partial charge in [0.25, 0.3) is 15.9 Å². The number of halogens is 1. The van der Waals surface area contributed by atoms with Crippen LogP contribution in [0.4, 0.5) is 5.69 Å². The van der Waals surface area contributed by atoms with Crippen molar-refractivity contribution >= 4 is 37.5 Å². The molecule has 0 aromatic heterocycles. The van der Waals surface area contributed by atoms with Crippen molar-refractivity contribution in [2.45, 2.75) is 31.7 Å². The molecule has 1 amide bonds. The van der Waals surface area contributed by atoms with Crippen LogP contribution in [0.25, 0.3) is 0 Å². The van der Waals surface area contributed by atoms with Crippen LogP contribution in [0, 0.1) is 6.92 Å². The largest absolute Gasteiger partial charge is 0.494 e.